The van der Waals surface area contributed by atoms with E-state index in [1.54, 1.807) is 48.6 Å². The molecule has 0 aliphatic carbocycles. The molecule has 12 heteroatoms. The van der Waals surface area contributed by atoms with Crippen LogP contribution < -0.4 is 14.2 Å². The fraction of sp³-hybridized carbons (Fsp3) is 0.350. The average Bonchev–Trinajstić information content (AvgIpc) is 3.16. The lowest BCUT2D eigenvalue weighted by Gasteiger charge is -2.44. The number of carbonyl (C=O) groups excluding carboxylic acids is 2. The van der Waals surface area contributed by atoms with E-state index in [-0.39, 0.29) is 33.0 Å². The van der Waals surface area contributed by atoms with Gasteiger partial charge in [-0.15, -0.1) is 13.2 Å². The van der Waals surface area contributed by atoms with Crippen LogP contribution in [-0.2, 0) is 44.4 Å². The van der Waals surface area contributed by atoms with Crippen LogP contribution >= 0.6 is 0 Å². The van der Waals surface area contributed by atoms with Crippen molar-refractivity contribution in [1.82, 2.24) is 0 Å². The molecule has 1 fully saturated rings. The first kappa shape index (κ1) is 41.3. The minimum Gasteiger partial charge on any atom is -0.493 e. The fourth-order valence-electron chi connectivity index (χ4n) is 4.93. The minimum atomic E-state index is -1.13. The number of benzene rings is 2. The molecule has 5 atom stereocenters. The lowest BCUT2D eigenvalue weighted by Crippen LogP contribution is -2.62. The van der Waals surface area contributed by atoms with E-state index in [1.807, 2.05) is 24.3 Å². The van der Waals surface area contributed by atoms with Crippen molar-refractivity contribution in [3.05, 3.63) is 123 Å². The van der Waals surface area contributed by atoms with Gasteiger partial charge in [0.15, 0.2) is 23.9 Å². The predicted octanol–water partition coefficient (Wildman–Crippen LogP) is 6.22. The molecule has 52 heavy (non-hydrogen) atoms. The molecule has 0 radical (unpaired) electrons. The third kappa shape index (κ3) is 13.5. The number of ether oxygens (including phenoxy) is 10. The highest BCUT2D eigenvalue weighted by Gasteiger charge is 2.50. The van der Waals surface area contributed by atoms with E-state index in [0.29, 0.717) is 36.7 Å². The number of methoxy groups -OCH3 is 1. The molecule has 0 aromatic heterocycles. The normalized spacial score (nSPS) is 19.5. The Kier molecular flexibility index (Phi) is 18.5. The Morgan fingerprint density at radius 1 is 0.731 bits per heavy atom. The number of hydrogen-bond acceptors (Lipinski definition) is 12. The molecule has 0 amide bonds. The van der Waals surface area contributed by atoms with E-state index in [0.717, 1.165) is 11.3 Å². The van der Waals surface area contributed by atoms with Gasteiger partial charge in [0.1, 0.15) is 50.5 Å². The topological polar surface area (TPSA) is 126 Å². The Balaban J connectivity index is 1.85. The summed E-state index contributed by atoms with van der Waals surface area (Å²) in [7, 11) is 1.51. The van der Waals surface area contributed by atoms with Crippen molar-refractivity contribution in [3.63, 3.8) is 0 Å². The SMILES string of the molecule is C=CCOC(=O)OC[C@H]1O[C@@H](OCCc2ccc(OCC=C)cc2)[C@H](OCC=C)[C@@H](OCC=C)[C@@H]1OC(=O)/C=C/c1ccc(OCC=C)c(OC)c1. The van der Waals surface area contributed by atoms with Crippen LogP contribution in [0.2, 0.25) is 0 Å². The molecule has 0 saturated carbocycles. The van der Waals surface area contributed by atoms with E-state index in [9.17, 15) is 9.59 Å². The summed E-state index contributed by atoms with van der Waals surface area (Å²) < 4.78 is 57.6. The maximum Gasteiger partial charge on any atom is 0.508 e. The van der Waals surface area contributed by atoms with Gasteiger partial charge in [-0.2, -0.15) is 0 Å². The number of rotatable bonds is 24. The van der Waals surface area contributed by atoms with Gasteiger partial charge in [0.2, 0.25) is 0 Å². The van der Waals surface area contributed by atoms with Crippen LogP contribution in [0.3, 0.4) is 0 Å². The second kappa shape index (κ2) is 23.4. The highest BCUT2D eigenvalue weighted by Crippen LogP contribution is 2.31. The smallest absolute Gasteiger partial charge is 0.493 e. The summed E-state index contributed by atoms with van der Waals surface area (Å²) in [6, 6.07) is 12.8. The van der Waals surface area contributed by atoms with Gasteiger partial charge >= 0.3 is 12.1 Å². The molecule has 1 aliphatic rings. The van der Waals surface area contributed by atoms with E-state index in [2.05, 4.69) is 32.9 Å². The molecule has 1 saturated heterocycles. The maximum atomic E-state index is 13.4. The van der Waals surface area contributed by atoms with E-state index >= 15 is 0 Å². The molecule has 0 bridgehead atoms. The van der Waals surface area contributed by atoms with Gasteiger partial charge in [-0.3, -0.25) is 0 Å². The van der Waals surface area contributed by atoms with Crippen LogP contribution in [0.5, 0.6) is 17.2 Å². The van der Waals surface area contributed by atoms with Crippen molar-refractivity contribution >= 4 is 18.2 Å². The first-order valence-electron chi connectivity index (χ1n) is 16.6. The van der Waals surface area contributed by atoms with Crippen molar-refractivity contribution in [2.75, 3.05) is 53.4 Å². The molecule has 2 aromatic rings. The van der Waals surface area contributed by atoms with Crippen molar-refractivity contribution in [3.8, 4) is 17.2 Å². The summed E-state index contributed by atoms with van der Waals surface area (Å²) in [5, 5.41) is 0. The summed E-state index contributed by atoms with van der Waals surface area (Å²) in [6.07, 6.45) is 5.11. The lowest BCUT2D eigenvalue weighted by atomic mass is 9.98. The van der Waals surface area contributed by atoms with E-state index < -0.39 is 42.8 Å². The van der Waals surface area contributed by atoms with Crippen LogP contribution in [0.4, 0.5) is 4.79 Å². The van der Waals surface area contributed by atoms with Gasteiger partial charge in [0.05, 0.1) is 26.9 Å². The quantitative estimate of drug-likeness (QED) is 0.0695. The number of hydrogen-bond donors (Lipinski definition) is 0. The Bertz CT molecular complexity index is 1480. The van der Waals surface area contributed by atoms with Crippen LogP contribution in [0.25, 0.3) is 6.08 Å². The number of carbonyl (C=O) groups is 2. The second-order valence-electron chi connectivity index (χ2n) is 11.0. The molecule has 1 heterocycles. The molecule has 1 aliphatic heterocycles. The lowest BCUT2D eigenvalue weighted by molar-refractivity contribution is -0.314. The Morgan fingerprint density at radius 3 is 2.08 bits per heavy atom. The van der Waals surface area contributed by atoms with Gasteiger partial charge in [0.25, 0.3) is 0 Å². The van der Waals surface area contributed by atoms with Gasteiger partial charge in [-0.05, 0) is 47.9 Å². The first-order valence-corrected chi connectivity index (χ1v) is 16.6. The minimum absolute atomic E-state index is 0.0602. The summed E-state index contributed by atoms with van der Waals surface area (Å²) in [4.78, 5) is 25.7. The molecular weight excluding hydrogens is 672 g/mol. The average molecular weight is 721 g/mol. The van der Waals surface area contributed by atoms with Crippen LogP contribution in [0.1, 0.15) is 11.1 Å². The standard InChI is InChI=1S/C40H48O12/c1-7-21-44-31-16-12-29(13-17-31)20-26-48-39-38(47-24-10-4)37(46-23-9-3)36(34(51-39)28-50-40(42)49-25-11-5)52-35(41)19-15-30-14-18-32(45-22-8-2)33(27-30)43-6/h7-19,27,34,36-39H,1-5,20-26,28H2,6H3/b19-15+/t34-,36-,37+,38-,39-/m1/s1. The Morgan fingerprint density at radius 2 is 1.40 bits per heavy atom. The summed E-state index contributed by atoms with van der Waals surface area (Å²) in [5.41, 5.74) is 1.63. The van der Waals surface area contributed by atoms with Gasteiger partial charge in [-0.25, -0.2) is 9.59 Å². The zero-order valence-corrected chi connectivity index (χ0v) is 29.6. The zero-order valence-electron chi connectivity index (χ0n) is 29.6. The van der Waals surface area contributed by atoms with Crippen molar-refractivity contribution < 1.29 is 57.0 Å². The Labute approximate surface area is 305 Å². The third-order valence-electron chi connectivity index (χ3n) is 7.26. The molecular formula is C40H48O12. The first-order chi connectivity index (χ1) is 25.4. The highest BCUT2D eigenvalue weighted by atomic mass is 16.8. The summed E-state index contributed by atoms with van der Waals surface area (Å²) in [6.45, 7) is 19.0. The van der Waals surface area contributed by atoms with Crippen molar-refractivity contribution in [2.45, 2.75) is 37.1 Å². The largest absolute Gasteiger partial charge is 0.508 e. The molecule has 280 valence electrons. The van der Waals surface area contributed by atoms with Crippen LogP contribution in [0, 0.1) is 0 Å². The molecule has 0 spiro atoms. The summed E-state index contributed by atoms with van der Waals surface area (Å²) in [5.74, 6) is 0.983. The molecule has 0 unspecified atom stereocenters. The fourth-order valence-corrected chi connectivity index (χ4v) is 4.93. The van der Waals surface area contributed by atoms with Crippen molar-refractivity contribution in [1.29, 1.82) is 0 Å². The maximum absolute atomic E-state index is 13.4. The highest BCUT2D eigenvalue weighted by molar-refractivity contribution is 5.87. The Hall–Kier alpha value is -5.14. The molecule has 12 nitrogen and oxygen atoms in total. The second-order valence-corrected chi connectivity index (χ2v) is 11.0. The van der Waals surface area contributed by atoms with Crippen molar-refractivity contribution in [2.24, 2.45) is 0 Å². The monoisotopic (exact) mass is 720 g/mol. The van der Waals surface area contributed by atoms with Gasteiger partial charge in [-0.1, -0.05) is 68.3 Å². The molecule has 0 N–H and O–H groups in total. The molecule has 2 aromatic carbocycles. The zero-order chi connectivity index (χ0) is 37.6. The van der Waals surface area contributed by atoms with Crippen LogP contribution in [-0.4, -0.2) is 96.2 Å². The van der Waals surface area contributed by atoms with E-state index in [4.69, 9.17) is 47.4 Å². The van der Waals surface area contributed by atoms with Gasteiger partial charge < -0.3 is 47.4 Å². The predicted molar refractivity (Wildman–Crippen MR) is 195 cm³/mol. The molecule has 3 rings (SSSR count). The van der Waals surface area contributed by atoms with Crippen LogP contribution in [0.15, 0.2) is 112 Å². The van der Waals surface area contributed by atoms with Gasteiger partial charge in [0, 0.05) is 6.08 Å². The third-order valence-corrected chi connectivity index (χ3v) is 7.26. The number of esters is 1. The summed E-state index contributed by atoms with van der Waals surface area (Å²) >= 11 is 0. The van der Waals surface area contributed by atoms with E-state index in [1.165, 1.54) is 19.3 Å².